The summed E-state index contributed by atoms with van der Waals surface area (Å²) in [7, 11) is 1.66. The Balaban J connectivity index is 2.20. The van der Waals surface area contributed by atoms with Crippen LogP contribution < -0.4 is 5.73 Å². The van der Waals surface area contributed by atoms with E-state index >= 15 is 0 Å². The summed E-state index contributed by atoms with van der Waals surface area (Å²) in [4.78, 5) is 13.1. The lowest BCUT2D eigenvalue weighted by atomic mass is 10.3. The molecular weight excluding hydrogens is 156 g/mol. The Morgan fingerprint density at radius 1 is 1.75 bits per heavy atom. The molecule has 0 aliphatic carbocycles. The van der Waals surface area contributed by atoms with Crippen molar-refractivity contribution in [3.63, 3.8) is 0 Å². The van der Waals surface area contributed by atoms with Gasteiger partial charge in [-0.3, -0.25) is 4.79 Å². The molecule has 1 aliphatic heterocycles. The Morgan fingerprint density at radius 2 is 2.50 bits per heavy atom. The van der Waals surface area contributed by atoms with E-state index in [1.165, 1.54) is 0 Å². The van der Waals surface area contributed by atoms with E-state index in [1.54, 1.807) is 7.11 Å². The molecule has 1 heterocycles. The van der Waals surface area contributed by atoms with Crippen LogP contribution in [0.1, 0.15) is 12.8 Å². The Labute approximate surface area is 72.7 Å². The van der Waals surface area contributed by atoms with Crippen molar-refractivity contribution in [3.05, 3.63) is 0 Å². The van der Waals surface area contributed by atoms with Crippen LogP contribution in [0, 0.1) is 0 Å². The molecule has 0 radical (unpaired) electrons. The van der Waals surface area contributed by atoms with Crippen LogP contribution in [0.3, 0.4) is 0 Å². The molecule has 0 aromatic carbocycles. The van der Waals surface area contributed by atoms with E-state index in [9.17, 15) is 4.79 Å². The first-order valence-electron chi connectivity index (χ1n) is 4.29. The van der Waals surface area contributed by atoms with Gasteiger partial charge in [0, 0.05) is 26.8 Å². The van der Waals surface area contributed by atoms with E-state index in [1.807, 2.05) is 4.90 Å². The number of methoxy groups -OCH3 is 1. The molecular formula is C8H16N2O2. The number of carbonyl (C=O) groups excluding carboxylic acids is 1. The third kappa shape index (κ3) is 2.19. The second-order valence-corrected chi connectivity index (χ2v) is 3.07. The maximum atomic E-state index is 11.3. The molecule has 0 bridgehead atoms. The lowest BCUT2D eigenvalue weighted by molar-refractivity contribution is -0.128. The average molecular weight is 172 g/mol. The van der Waals surface area contributed by atoms with Crippen molar-refractivity contribution in [3.8, 4) is 0 Å². The van der Waals surface area contributed by atoms with Crippen molar-refractivity contribution in [1.29, 1.82) is 0 Å². The van der Waals surface area contributed by atoms with E-state index in [-0.39, 0.29) is 11.9 Å². The summed E-state index contributed by atoms with van der Waals surface area (Å²) in [6, 6.07) is -0.257. The van der Waals surface area contributed by atoms with Gasteiger partial charge in [-0.15, -0.1) is 0 Å². The van der Waals surface area contributed by atoms with E-state index in [2.05, 4.69) is 0 Å². The fourth-order valence-corrected chi connectivity index (χ4v) is 1.38. The van der Waals surface area contributed by atoms with Gasteiger partial charge in [0.1, 0.15) is 0 Å². The van der Waals surface area contributed by atoms with Crippen molar-refractivity contribution < 1.29 is 9.53 Å². The third-order valence-electron chi connectivity index (χ3n) is 2.12. The molecule has 0 saturated carbocycles. The number of hydrogen-bond donors (Lipinski definition) is 1. The molecule has 1 atom stereocenters. The number of ether oxygens (including phenoxy) is 1. The van der Waals surface area contributed by atoms with Crippen LogP contribution in [0.15, 0.2) is 0 Å². The van der Waals surface area contributed by atoms with Crippen LogP contribution in [0.5, 0.6) is 0 Å². The summed E-state index contributed by atoms with van der Waals surface area (Å²) in [6.45, 7) is 2.29. The van der Waals surface area contributed by atoms with E-state index in [0.717, 1.165) is 25.9 Å². The van der Waals surface area contributed by atoms with E-state index in [0.29, 0.717) is 6.61 Å². The van der Waals surface area contributed by atoms with Gasteiger partial charge in [-0.2, -0.15) is 0 Å². The Morgan fingerprint density at radius 3 is 3.00 bits per heavy atom. The van der Waals surface area contributed by atoms with Crippen molar-refractivity contribution in [2.45, 2.75) is 18.9 Å². The van der Waals surface area contributed by atoms with Gasteiger partial charge >= 0.3 is 0 Å². The van der Waals surface area contributed by atoms with Crippen LogP contribution >= 0.6 is 0 Å². The number of nitrogens with zero attached hydrogens (tertiary/aromatic N) is 1. The maximum absolute atomic E-state index is 11.3. The summed E-state index contributed by atoms with van der Waals surface area (Å²) < 4.78 is 4.89. The summed E-state index contributed by atoms with van der Waals surface area (Å²) >= 11 is 0. The molecule has 2 N–H and O–H groups in total. The third-order valence-corrected chi connectivity index (χ3v) is 2.12. The van der Waals surface area contributed by atoms with Gasteiger partial charge in [0.2, 0.25) is 5.91 Å². The molecule has 4 heteroatoms. The molecule has 1 fully saturated rings. The first kappa shape index (κ1) is 9.48. The molecule has 1 unspecified atom stereocenters. The van der Waals surface area contributed by atoms with Gasteiger partial charge in [-0.1, -0.05) is 0 Å². The van der Waals surface area contributed by atoms with Crippen molar-refractivity contribution >= 4 is 5.91 Å². The monoisotopic (exact) mass is 172 g/mol. The van der Waals surface area contributed by atoms with E-state index in [4.69, 9.17) is 10.5 Å². The molecule has 0 spiro atoms. The first-order chi connectivity index (χ1) is 5.75. The molecule has 0 aromatic rings. The number of carbonyl (C=O) groups is 1. The molecule has 1 saturated heterocycles. The topological polar surface area (TPSA) is 55.6 Å². The van der Waals surface area contributed by atoms with Gasteiger partial charge in [0.15, 0.2) is 0 Å². The van der Waals surface area contributed by atoms with Crippen molar-refractivity contribution in [2.75, 3.05) is 26.8 Å². The Hall–Kier alpha value is -0.610. The highest BCUT2D eigenvalue weighted by molar-refractivity contribution is 5.83. The number of hydrogen-bond acceptors (Lipinski definition) is 3. The molecule has 1 rings (SSSR count). The minimum Gasteiger partial charge on any atom is -0.385 e. The zero-order chi connectivity index (χ0) is 8.97. The van der Waals surface area contributed by atoms with Gasteiger partial charge < -0.3 is 15.4 Å². The largest absolute Gasteiger partial charge is 0.385 e. The maximum Gasteiger partial charge on any atom is 0.239 e. The summed E-state index contributed by atoms with van der Waals surface area (Å²) in [5.41, 5.74) is 5.55. The SMILES string of the molecule is COCCCN1CCC(N)C1=O. The van der Waals surface area contributed by atoms with Crippen LogP contribution in [-0.2, 0) is 9.53 Å². The van der Waals surface area contributed by atoms with E-state index < -0.39 is 0 Å². The molecule has 12 heavy (non-hydrogen) atoms. The standard InChI is InChI=1S/C8H16N2O2/c1-12-6-2-4-10-5-3-7(9)8(10)11/h7H,2-6,9H2,1H3. The smallest absolute Gasteiger partial charge is 0.239 e. The van der Waals surface area contributed by atoms with Crippen LogP contribution in [-0.4, -0.2) is 43.7 Å². The molecule has 1 amide bonds. The second-order valence-electron chi connectivity index (χ2n) is 3.07. The molecule has 0 aromatic heterocycles. The average Bonchev–Trinajstić information content (AvgIpc) is 2.36. The van der Waals surface area contributed by atoms with Gasteiger partial charge in [0.05, 0.1) is 6.04 Å². The number of nitrogens with two attached hydrogens (primary N) is 1. The second kappa shape index (κ2) is 4.42. The predicted octanol–water partition coefficient (Wildman–Crippen LogP) is -0.417. The normalized spacial score (nSPS) is 23.7. The number of amides is 1. The van der Waals surface area contributed by atoms with Crippen LogP contribution in [0.4, 0.5) is 0 Å². The highest BCUT2D eigenvalue weighted by atomic mass is 16.5. The van der Waals surface area contributed by atoms with Gasteiger partial charge in [0.25, 0.3) is 0 Å². The zero-order valence-corrected chi connectivity index (χ0v) is 7.45. The quantitative estimate of drug-likeness (QED) is 0.586. The summed E-state index contributed by atoms with van der Waals surface area (Å²) in [6.07, 6.45) is 1.70. The molecule has 4 nitrogen and oxygen atoms in total. The number of rotatable bonds is 4. The van der Waals surface area contributed by atoms with Crippen LogP contribution in [0.2, 0.25) is 0 Å². The van der Waals surface area contributed by atoms with Crippen molar-refractivity contribution in [1.82, 2.24) is 4.90 Å². The first-order valence-corrected chi connectivity index (χ1v) is 4.29. The highest BCUT2D eigenvalue weighted by Crippen LogP contribution is 2.08. The van der Waals surface area contributed by atoms with Crippen LogP contribution in [0.25, 0.3) is 0 Å². The minimum atomic E-state index is -0.257. The van der Waals surface area contributed by atoms with Crippen molar-refractivity contribution in [2.24, 2.45) is 5.73 Å². The predicted molar refractivity (Wildman–Crippen MR) is 45.7 cm³/mol. The summed E-state index contributed by atoms with van der Waals surface area (Å²) in [5, 5.41) is 0. The lowest BCUT2D eigenvalue weighted by Gasteiger charge is -2.14. The molecule has 70 valence electrons. The Bertz CT molecular complexity index is 161. The van der Waals surface area contributed by atoms with Gasteiger partial charge in [-0.05, 0) is 12.8 Å². The lowest BCUT2D eigenvalue weighted by Crippen LogP contribution is -2.34. The highest BCUT2D eigenvalue weighted by Gasteiger charge is 2.27. The fourth-order valence-electron chi connectivity index (χ4n) is 1.38. The Kier molecular flexibility index (Phi) is 3.49. The molecule has 1 aliphatic rings. The fraction of sp³-hybridized carbons (Fsp3) is 0.875. The summed E-state index contributed by atoms with van der Waals surface area (Å²) in [5.74, 6) is 0.0890. The number of likely N-dealkylation sites (tertiary alicyclic amines) is 1. The minimum absolute atomic E-state index is 0.0890. The van der Waals surface area contributed by atoms with Gasteiger partial charge in [-0.25, -0.2) is 0 Å². The zero-order valence-electron chi connectivity index (χ0n) is 7.45.